The number of nitrogens with zero attached hydrogens (tertiary/aromatic N) is 4. The van der Waals surface area contributed by atoms with Crippen LogP contribution in [0.3, 0.4) is 0 Å². The zero-order valence-corrected chi connectivity index (χ0v) is 39.6. The van der Waals surface area contributed by atoms with Crippen LogP contribution >= 0.6 is 8.53 Å². The first-order valence-corrected chi connectivity index (χ1v) is 23.0. The molecule has 21 heteroatoms. The number of nitrogens with one attached hydrogen (secondary N) is 2. The first-order chi connectivity index (χ1) is 32.6. The van der Waals surface area contributed by atoms with Gasteiger partial charge in [0.05, 0.1) is 38.4 Å². The Morgan fingerprint density at radius 2 is 1.48 bits per heavy atom. The number of aromatic nitrogens is 2. The maximum atomic E-state index is 13.6. The third kappa shape index (κ3) is 13.9. The largest absolute Gasteiger partial charge is 0.471 e. The highest BCUT2D eigenvalue weighted by molar-refractivity contribution is 7.44. The second-order valence-corrected chi connectivity index (χ2v) is 18.0. The van der Waals surface area contributed by atoms with Crippen molar-refractivity contribution in [2.75, 3.05) is 32.8 Å². The highest BCUT2D eigenvalue weighted by Gasteiger charge is 2.46. The number of halogens is 6. The average molecular weight is 987 g/mol. The van der Waals surface area contributed by atoms with Crippen molar-refractivity contribution >= 4 is 20.3 Å². The number of ether oxygens (including phenoxy) is 2. The Hall–Kier alpha value is -5.86. The number of aromatic amines is 1. The van der Waals surface area contributed by atoms with Crippen LogP contribution in [-0.2, 0) is 33.7 Å². The van der Waals surface area contributed by atoms with E-state index in [1.807, 2.05) is 125 Å². The van der Waals surface area contributed by atoms with Crippen molar-refractivity contribution in [3.63, 3.8) is 0 Å². The lowest BCUT2D eigenvalue weighted by Crippen LogP contribution is -2.46. The number of amides is 2. The number of H-pyrrole nitrogens is 1. The lowest BCUT2D eigenvalue weighted by Gasteiger charge is -2.39. The minimum Gasteiger partial charge on any atom is -0.358 e. The molecule has 0 spiro atoms. The summed E-state index contributed by atoms with van der Waals surface area (Å²) < 4.78 is 108. The fourth-order valence-corrected chi connectivity index (χ4v) is 9.36. The van der Waals surface area contributed by atoms with Crippen molar-refractivity contribution in [3.8, 4) is 17.9 Å². The number of nitriles is 1. The molecule has 1 aliphatic rings. The molecular formula is C48H53F6N6O8P. The maximum absolute atomic E-state index is 13.6. The molecule has 69 heavy (non-hydrogen) atoms. The Labute approximate surface area is 396 Å². The smallest absolute Gasteiger partial charge is 0.358 e. The van der Waals surface area contributed by atoms with Gasteiger partial charge < -0.3 is 28.7 Å². The van der Waals surface area contributed by atoms with Gasteiger partial charge in [0.25, 0.3) is 14.1 Å². The monoisotopic (exact) mass is 986 g/mol. The van der Waals surface area contributed by atoms with Gasteiger partial charge in [-0.2, -0.15) is 31.6 Å². The molecule has 1 fully saturated rings. The van der Waals surface area contributed by atoms with E-state index in [1.165, 1.54) is 5.32 Å². The molecule has 4 aromatic rings. The molecule has 370 valence electrons. The normalized spacial score (nSPS) is 16.8. The second kappa shape index (κ2) is 23.6. The molecule has 0 saturated carbocycles. The summed E-state index contributed by atoms with van der Waals surface area (Å²) >= 11 is 0. The van der Waals surface area contributed by atoms with E-state index in [0.717, 1.165) is 38.6 Å². The van der Waals surface area contributed by atoms with Crippen LogP contribution < -0.4 is 16.6 Å². The summed E-state index contributed by atoms with van der Waals surface area (Å²) in [6.07, 6.45) is -12.7. The molecule has 2 N–H and O–H groups in total. The van der Waals surface area contributed by atoms with Gasteiger partial charge in [-0.1, -0.05) is 102 Å². The fraction of sp³-hybridized carbons (Fsp3) is 0.438. The number of benzene rings is 3. The van der Waals surface area contributed by atoms with Crippen LogP contribution in [0.25, 0.3) is 0 Å². The molecule has 2 heterocycles. The summed E-state index contributed by atoms with van der Waals surface area (Å²) in [5.41, 5.74) is 0.769. The van der Waals surface area contributed by atoms with Crippen LogP contribution in [-0.4, -0.2) is 100 Å². The zero-order chi connectivity index (χ0) is 50.7. The molecular weight excluding hydrogens is 934 g/mol. The molecule has 3 aromatic carbocycles. The average Bonchev–Trinajstić information content (AvgIpc) is 3.68. The summed E-state index contributed by atoms with van der Waals surface area (Å²) in [4.78, 5) is 52.2. The van der Waals surface area contributed by atoms with Gasteiger partial charge >= 0.3 is 29.9 Å². The second-order valence-electron chi connectivity index (χ2n) is 16.6. The molecule has 0 aliphatic carbocycles. The van der Waals surface area contributed by atoms with E-state index in [0.29, 0.717) is 0 Å². The Balaban J connectivity index is 1.56. The maximum Gasteiger partial charge on any atom is 0.471 e. The minimum absolute atomic E-state index is 0.0395. The molecule has 0 bridgehead atoms. The fourth-order valence-electron chi connectivity index (χ4n) is 7.60. The number of hydrogen-bond donors (Lipinski definition) is 2. The predicted molar refractivity (Wildman–Crippen MR) is 243 cm³/mol. The number of aryl methyl sites for hydroxylation is 2. The number of alkyl halides is 6. The van der Waals surface area contributed by atoms with Crippen molar-refractivity contribution in [3.05, 3.63) is 139 Å². The first-order valence-electron chi connectivity index (χ1n) is 21.9. The Bertz CT molecular complexity index is 2540. The van der Waals surface area contributed by atoms with Crippen LogP contribution in [0, 0.1) is 37.0 Å². The number of carbonyl (C=O) groups excluding carboxylic acids is 2. The van der Waals surface area contributed by atoms with Crippen LogP contribution in [0.4, 0.5) is 26.3 Å². The van der Waals surface area contributed by atoms with Gasteiger partial charge in [-0.3, -0.25) is 23.9 Å². The molecule has 4 atom stereocenters. The molecule has 1 saturated heterocycles. The molecule has 2 amide bonds. The van der Waals surface area contributed by atoms with E-state index in [2.05, 4.69) is 22.9 Å². The predicted octanol–water partition coefficient (Wildman–Crippen LogP) is 7.53. The quantitative estimate of drug-likeness (QED) is 0.0315. The van der Waals surface area contributed by atoms with E-state index >= 15 is 0 Å². The van der Waals surface area contributed by atoms with Gasteiger partial charge in [0, 0.05) is 37.8 Å². The highest BCUT2D eigenvalue weighted by atomic mass is 31.2. The van der Waals surface area contributed by atoms with Crippen LogP contribution in [0.2, 0.25) is 0 Å². The van der Waals surface area contributed by atoms with Crippen molar-refractivity contribution in [2.45, 2.75) is 103 Å². The molecule has 1 unspecified atom stereocenters. The standard InChI is InChI=1S/C48H53F6N6O8P/c1-31(2)60(32(3)4)69(66-27-11-23-55)68-39-28-41(59-29-35(42(61)57-45(59)64)12-10-25-58(44(63)48(52,53)54)26-24-56-43(62)47(49,50)51)67-40(39)30-65-46(36-13-8-7-9-14-36,37-19-15-33(5)16-20-37)38-21-17-34(6)18-22-38/h7-9,13-22,29,31-32,39-41H,11,24-28,30H2,1-6H3,(H,56,62)(H,57,61,64)/t39-,40+,41+,69?/m0/s1. The van der Waals surface area contributed by atoms with Crippen molar-refractivity contribution in [1.82, 2.24) is 24.4 Å². The van der Waals surface area contributed by atoms with Gasteiger partial charge in [0.2, 0.25) is 0 Å². The lowest BCUT2D eigenvalue weighted by molar-refractivity contribution is -0.185. The summed E-state index contributed by atoms with van der Waals surface area (Å²) in [5, 5.41) is 10.8. The van der Waals surface area contributed by atoms with Gasteiger partial charge in [0.1, 0.15) is 23.5 Å². The Morgan fingerprint density at radius 1 is 0.899 bits per heavy atom. The van der Waals surface area contributed by atoms with E-state index in [1.54, 1.807) is 0 Å². The van der Waals surface area contributed by atoms with Crippen LogP contribution in [0.5, 0.6) is 0 Å². The molecule has 1 aliphatic heterocycles. The van der Waals surface area contributed by atoms with Crippen molar-refractivity contribution < 1.29 is 54.5 Å². The van der Waals surface area contributed by atoms with Crippen molar-refractivity contribution in [2.24, 2.45) is 0 Å². The summed E-state index contributed by atoms with van der Waals surface area (Å²) in [6.45, 7) is 8.64. The van der Waals surface area contributed by atoms with Gasteiger partial charge in [-0.25, -0.2) is 9.46 Å². The van der Waals surface area contributed by atoms with Gasteiger partial charge in [0.15, 0.2) is 0 Å². The highest BCUT2D eigenvalue weighted by Crippen LogP contribution is 2.50. The van der Waals surface area contributed by atoms with Crippen molar-refractivity contribution in [1.29, 1.82) is 5.26 Å². The van der Waals surface area contributed by atoms with E-state index < -0.39 is 93.2 Å². The molecule has 0 radical (unpaired) electrons. The Kier molecular flexibility index (Phi) is 18.5. The molecule has 5 rings (SSSR count). The third-order valence-electron chi connectivity index (χ3n) is 10.9. The summed E-state index contributed by atoms with van der Waals surface area (Å²) in [5.74, 6) is -0.280. The minimum atomic E-state index is -5.46. The molecule has 14 nitrogen and oxygen atoms in total. The van der Waals surface area contributed by atoms with E-state index in [-0.39, 0.29) is 43.0 Å². The van der Waals surface area contributed by atoms with Crippen LogP contribution in [0.1, 0.15) is 80.1 Å². The first kappa shape index (κ1) is 54.1. The Morgan fingerprint density at radius 3 is 2.01 bits per heavy atom. The van der Waals surface area contributed by atoms with Gasteiger partial charge in [-0.15, -0.1) is 0 Å². The summed E-state index contributed by atoms with van der Waals surface area (Å²) in [7, 11) is -1.89. The number of hydrogen-bond acceptors (Lipinski definition) is 10. The third-order valence-corrected chi connectivity index (χ3v) is 13.0. The van der Waals surface area contributed by atoms with Crippen LogP contribution in [0.15, 0.2) is 94.6 Å². The topological polar surface area (TPSA) is 168 Å². The molecule has 1 aromatic heterocycles. The van der Waals surface area contributed by atoms with Gasteiger partial charge in [-0.05, 0) is 58.2 Å². The SMILES string of the molecule is Cc1ccc(C(OC[C@H]2O[C@@H](n3cc(C#CCN(CCNC(=O)C(F)(F)F)C(=O)C(F)(F)F)c(=O)[nH]c3=O)C[C@@H]2OP(OCCC#N)N(C(C)C)C(C)C)(c2ccccc2)c2ccc(C)cc2)cc1. The lowest BCUT2D eigenvalue weighted by atomic mass is 9.79. The number of rotatable bonds is 19. The number of carbonyl (C=O) groups is 2. The summed E-state index contributed by atoms with van der Waals surface area (Å²) in [6, 6.07) is 27.3. The zero-order valence-electron chi connectivity index (χ0n) is 38.7. The van der Waals surface area contributed by atoms with E-state index in [9.17, 15) is 50.8 Å². The van der Waals surface area contributed by atoms with E-state index in [4.69, 9.17) is 18.5 Å².